The first kappa shape index (κ1) is 83.1. The number of rotatable bonds is 65. The predicted octanol–water partition coefficient (Wildman–Crippen LogP) is 18.4. The summed E-state index contributed by atoms with van der Waals surface area (Å²) in [7, 11) is -9.88. The van der Waals surface area contributed by atoms with Crippen LogP contribution >= 0.6 is 15.6 Å². The average molecular weight is 1260 g/mol. The summed E-state index contributed by atoms with van der Waals surface area (Å²) in [5.74, 6) is -0.527. The van der Waals surface area contributed by atoms with E-state index in [1.54, 1.807) is 0 Å². The van der Waals surface area contributed by atoms with E-state index in [0.717, 1.165) is 115 Å². The molecule has 0 bridgehead atoms. The highest BCUT2D eigenvalue weighted by molar-refractivity contribution is 7.47. The van der Waals surface area contributed by atoms with Crippen molar-refractivity contribution in [2.75, 3.05) is 39.6 Å². The molecule has 0 spiro atoms. The zero-order valence-corrected chi connectivity index (χ0v) is 56.7. The molecule has 3 N–H and O–H groups in total. The average Bonchev–Trinajstić information content (AvgIpc) is 3.50. The monoisotopic (exact) mass is 1250 g/mol. The number of unbranched alkanes of at least 4 members (excludes halogenated alkanes) is 34. The highest BCUT2D eigenvalue weighted by atomic mass is 31.2. The van der Waals surface area contributed by atoms with Crippen molar-refractivity contribution in [3.63, 3.8) is 0 Å². The van der Waals surface area contributed by atoms with Crippen LogP contribution in [0.1, 0.15) is 330 Å². The van der Waals surface area contributed by atoms with Crippen molar-refractivity contribution >= 4 is 39.5 Å². The summed E-state index contributed by atoms with van der Waals surface area (Å²) >= 11 is 0. The minimum absolute atomic E-state index is 0.104. The van der Waals surface area contributed by atoms with Crippen LogP contribution in [0, 0.1) is 11.8 Å². The lowest BCUT2D eigenvalue weighted by Gasteiger charge is -2.21. The van der Waals surface area contributed by atoms with Crippen molar-refractivity contribution in [2.45, 2.75) is 349 Å². The van der Waals surface area contributed by atoms with E-state index in [1.165, 1.54) is 135 Å². The maximum atomic E-state index is 13.0. The second-order valence-corrected chi connectivity index (χ2v) is 27.5. The molecular formula is C66H128O17P2. The van der Waals surface area contributed by atoms with E-state index in [0.29, 0.717) is 25.7 Å². The van der Waals surface area contributed by atoms with Gasteiger partial charge < -0.3 is 33.8 Å². The third-order valence-electron chi connectivity index (χ3n) is 15.6. The largest absolute Gasteiger partial charge is 0.472 e. The van der Waals surface area contributed by atoms with E-state index in [-0.39, 0.29) is 25.7 Å². The molecule has 19 heteroatoms. The van der Waals surface area contributed by atoms with Crippen molar-refractivity contribution in [1.29, 1.82) is 0 Å². The lowest BCUT2D eigenvalue weighted by Crippen LogP contribution is -2.30. The van der Waals surface area contributed by atoms with E-state index in [4.69, 9.17) is 37.0 Å². The van der Waals surface area contributed by atoms with Gasteiger partial charge in [-0.05, 0) is 37.5 Å². The first-order chi connectivity index (χ1) is 40.9. The minimum Gasteiger partial charge on any atom is -0.462 e. The molecule has 0 heterocycles. The minimum atomic E-state index is -4.95. The van der Waals surface area contributed by atoms with Gasteiger partial charge in [-0.1, -0.05) is 279 Å². The number of aliphatic hydroxyl groups is 1. The molecule has 0 aliphatic heterocycles. The second kappa shape index (κ2) is 58.4. The topological polar surface area (TPSA) is 237 Å². The molecule has 0 saturated heterocycles. The molecule has 504 valence electrons. The Morgan fingerprint density at radius 3 is 0.894 bits per heavy atom. The number of hydrogen-bond acceptors (Lipinski definition) is 15. The summed E-state index contributed by atoms with van der Waals surface area (Å²) in [6.07, 6.45) is 42.1. The maximum Gasteiger partial charge on any atom is 0.472 e. The van der Waals surface area contributed by atoms with Gasteiger partial charge in [-0.25, -0.2) is 9.13 Å². The van der Waals surface area contributed by atoms with Crippen LogP contribution in [-0.2, 0) is 65.4 Å². The molecule has 0 aromatic rings. The lowest BCUT2D eigenvalue weighted by molar-refractivity contribution is -0.161. The van der Waals surface area contributed by atoms with Crippen molar-refractivity contribution in [3.8, 4) is 0 Å². The Hall–Kier alpha value is -1.94. The molecule has 6 atom stereocenters. The molecule has 0 aliphatic rings. The van der Waals surface area contributed by atoms with Gasteiger partial charge in [0.05, 0.1) is 26.4 Å². The molecule has 0 saturated carbocycles. The van der Waals surface area contributed by atoms with Crippen molar-refractivity contribution in [1.82, 2.24) is 0 Å². The van der Waals surface area contributed by atoms with Gasteiger partial charge in [-0.15, -0.1) is 0 Å². The van der Waals surface area contributed by atoms with Crippen LogP contribution in [0.2, 0.25) is 0 Å². The molecule has 0 aliphatic carbocycles. The second-order valence-electron chi connectivity index (χ2n) is 24.6. The van der Waals surface area contributed by atoms with Crippen molar-refractivity contribution in [2.24, 2.45) is 11.8 Å². The first-order valence-corrected chi connectivity index (χ1v) is 37.5. The van der Waals surface area contributed by atoms with Crippen LogP contribution in [0.5, 0.6) is 0 Å². The van der Waals surface area contributed by atoms with Gasteiger partial charge in [0.1, 0.15) is 19.3 Å². The Balaban J connectivity index is 5.14. The fourth-order valence-electron chi connectivity index (χ4n) is 9.85. The van der Waals surface area contributed by atoms with Crippen LogP contribution < -0.4 is 0 Å². The zero-order valence-electron chi connectivity index (χ0n) is 54.9. The highest BCUT2D eigenvalue weighted by Crippen LogP contribution is 2.45. The number of esters is 4. The highest BCUT2D eigenvalue weighted by Gasteiger charge is 2.30. The molecule has 0 aromatic heterocycles. The Morgan fingerprint density at radius 1 is 0.341 bits per heavy atom. The van der Waals surface area contributed by atoms with Gasteiger partial charge in [0.2, 0.25) is 0 Å². The van der Waals surface area contributed by atoms with E-state index < -0.39 is 97.5 Å². The van der Waals surface area contributed by atoms with Gasteiger partial charge in [-0.2, -0.15) is 0 Å². The molecule has 0 amide bonds. The summed E-state index contributed by atoms with van der Waals surface area (Å²) in [4.78, 5) is 72.0. The van der Waals surface area contributed by atoms with Gasteiger partial charge in [0, 0.05) is 25.7 Å². The Labute approximate surface area is 517 Å². The molecular weight excluding hydrogens is 1130 g/mol. The summed E-state index contributed by atoms with van der Waals surface area (Å²) in [6.45, 7) is 9.46. The standard InChI is InChI=1S/C66H128O17P2/c1-7-10-12-14-15-31-38-44-50-65(70)82-61(54-76-63(68)48-42-34-13-11-8-2)56-80-84(72,73)78-52-60(67)53-79-85(74,75)81-57-62(55-77-64(69)49-43-37-32-27-24-20-21-25-29-35-40-46-58(4)5)83-66(71)51-45-39-33-28-23-19-17-16-18-22-26-30-36-41-47-59(6)9-3/h58-62,67H,7-57H2,1-6H3,(H,72,73)(H,74,75)/t59?,60-,61+,62+/m0/s1. The summed E-state index contributed by atoms with van der Waals surface area (Å²) < 4.78 is 67.8. The molecule has 0 fully saturated rings. The molecule has 85 heavy (non-hydrogen) atoms. The van der Waals surface area contributed by atoms with Gasteiger partial charge in [0.15, 0.2) is 12.2 Å². The van der Waals surface area contributed by atoms with Crippen LogP contribution in [0.3, 0.4) is 0 Å². The van der Waals surface area contributed by atoms with Crippen LogP contribution in [0.25, 0.3) is 0 Å². The normalized spacial score (nSPS) is 14.6. The number of carbonyl (C=O) groups is 4. The van der Waals surface area contributed by atoms with E-state index in [9.17, 15) is 43.2 Å². The van der Waals surface area contributed by atoms with Crippen LogP contribution in [0.4, 0.5) is 0 Å². The number of ether oxygens (including phenoxy) is 4. The third kappa shape index (κ3) is 59.5. The van der Waals surface area contributed by atoms with Crippen molar-refractivity contribution in [3.05, 3.63) is 0 Å². The summed E-state index contributed by atoms with van der Waals surface area (Å²) in [5, 5.41) is 10.5. The smallest absolute Gasteiger partial charge is 0.462 e. The van der Waals surface area contributed by atoms with Gasteiger partial charge in [0.25, 0.3) is 0 Å². The molecule has 0 aromatic carbocycles. The Bertz CT molecular complexity index is 1670. The zero-order chi connectivity index (χ0) is 62.9. The maximum absolute atomic E-state index is 13.0. The predicted molar refractivity (Wildman–Crippen MR) is 340 cm³/mol. The molecule has 17 nitrogen and oxygen atoms in total. The van der Waals surface area contributed by atoms with E-state index in [1.807, 2.05) is 0 Å². The molecule has 0 radical (unpaired) electrons. The summed E-state index contributed by atoms with van der Waals surface area (Å²) in [6, 6.07) is 0. The molecule has 0 rings (SSSR count). The van der Waals surface area contributed by atoms with E-state index in [2.05, 4.69) is 41.5 Å². The summed E-state index contributed by atoms with van der Waals surface area (Å²) in [5.41, 5.74) is 0. The third-order valence-corrected chi connectivity index (χ3v) is 17.5. The number of hydrogen-bond donors (Lipinski definition) is 3. The number of aliphatic hydroxyl groups excluding tert-OH is 1. The Morgan fingerprint density at radius 2 is 0.600 bits per heavy atom. The van der Waals surface area contributed by atoms with Crippen LogP contribution in [-0.4, -0.2) is 96.7 Å². The van der Waals surface area contributed by atoms with Crippen molar-refractivity contribution < 1.29 is 80.2 Å². The van der Waals surface area contributed by atoms with Gasteiger partial charge >= 0.3 is 39.5 Å². The number of phosphoric acid groups is 2. The van der Waals surface area contributed by atoms with Gasteiger partial charge in [-0.3, -0.25) is 37.3 Å². The Kier molecular flexibility index (Phi) is 57.1. The fraction of sp³-hybridized carbons (Fsp3) is 0.939. The number of phosphoric ester groups is 2. The SMILES string of the molecule is CCCCCCCCCCC(=O)O[C@H](COC(=O)CCCCCCC)COP(=O)(O)OC[C@H](O)COP(=O)(O)OC[C@@H](COC(=O)CCCCCCCCCCCCCC(C)C)OC(=O)CCCCCCCCCCCCCCCCC(C)CC. The van der Waals surface area contributed by atoms with E-state index >= 15 is 0 Å². The number of carbonyl (C=O) groups excluding carboxylic acids is 4. The van der Waals surface area contributed by atoms with Crippen LogP contribution in [0.15, 0.2) is 0 Å². The first-order valence-electron chi connectivity index (χ1n) is 34.5. The fourth-order valence-corrected chi connectivity index (χ4v) is 11.4. The quantitative estimate of drug-likeness (QED) is 0.0222. The lowest BCUT2D eigenvalue weighted by atomic mass is 9.99. The molecule has 3 unspecified atom stereocenters.